The van der Waals surface area contributed by atoms with Crippen molar-refractivity contribution < 1.29 is 21.6 Å². The Balaban J connectivity index is 1.59. The van der Waals surface area contributed by atoms with Gasteiger partial charge >= 0.3 is 0 Å². The van der Waals surface area contributed by atoms with Crippen LogP contribution in [-0.2, 0) is 24.8 Å². The molecule has 2 aliphatic heterocycles. The number of sulfonamides is 2. The Morgan fingerprint density at radius 2 is 1.54 bits per heavy atom. The molecule has 152 valence electrons. The van der Waals surface area contributed by atoms with E-state index in [4.69, 9.17) is 4.74 Å². The lowest BCUT2D eigenvalue weighted by molar-refractivity contribution is 0.0730. The topological polar surface area (TPSA) is 84.0 Å². The molecule has 28 heavy (non-hydrogen) atoms. The normalized spacial score (nSPS) is 22.5. The predicted molar refractivity (Wildman–Crippen MR) is 106 cm³/mol. The zero-order valence-corrected chi connectivity index (χ0v) is 17.7. The zero-order chi connectivity index (χ0) is 19.8. The number of hydrogen-bond donors (Lipinski definition) is 0. The maximum atomic E-state index is 13.2. The summed E-state index contributed by atoms with van der Waals surface area (Å²) in [5.74, 6) is 0. The highest BCUT2D eigenvalue weighted by Crippen LogP contribution is 2.38. The van der Waals surface area contributed by atoms with Crippen LogP contribution >= 0.6 is 11.3 Å². The van der Waals surface area contributed by atoms with Crippen molar-refractivity contribution >= 4 is 31.4 Å². The monoisotopic (exact) mass is 442 g/mol. The Bertz CT molecular complexity index is 1010. The molecule has 0 amide bonds. The maximum Gasteiger partial charge on any atom is 0.243 e. The second kappa shape index (κ2) is 7.85. The molecule has 7 nitrogen and oxygen atoms in total. The second-order valence-corrected chi connectivity index (χ2v) is 11.6. The molecular formula is C18H22N2O5S3. The molecule has 2 fully saturated rings. The molecule has 1 atom stereocenters. The number of nitrogens with zero attached hydrogens (tertiary/aromatic N) is 2. The summed E-state index contributed by atoms with van der Waals surface area (Å²) in [5, 5.41) is 1.95. The van der Waals surface area contributed by atoms with Crippen LogP contribution in [-0.4, -0.2) is 58.3 Å². The Hall–Kier alpha value is -1.30. The van der Waals surface area contributed by atoms with E-state index in [9.17, 15) is 16.8 Å². The summed E-state index contributed by atoms with van der Waals surface area (Å²) >= 11 is 1.56. The second-order valence-electron chi connectivity index (χ2n) is 6.78. The molecule has 1 aromatic carbocycles. The minimum atomic E-state index is -3.69. The van der Waals surface area contributed by atoms with Crippen molar-refractivity contribution in [1.29, 1.82) is 0 Å². The summed E-state index contributed by atoms with van der Waals surface area (Å²) in [6.45, 7) is 1.81. The fourth-order valence-corrected chi connectivity index (χ4v) is 7.67. The number of ether oxygens (including phenoxy) is 1. The molecule has 3 heterocycles. The summed E-state index contributed by atoms with van der Waals surface area (Å²) in [7, 11) is -7.33. The predicted octanol–water partition coefficient (Wildman–Crippen LogP) is 2.29. The zero-order valence-electron chi connectivity index (χ0n) is 15.2. The smallest absolute Gasteiger partial charge is 0.243 e. The van der Waals surface area contributed by atoms with Gasteiger partial charge < -0.3 is 4.74 Å². The van der Waals surface area contributed by atoms with E-state index < -0.39 is 20.0 Å². The Morgan fingerprint density at radius 3 is 2.14 bits per heavy atom. The molecule has 0 radical (unpaired) electrons. The van der Waals surface area contributed by atoms with Crippen molar-refractivity contribution in [3.8, 4) is 0 Å². The maximum absolute atomic E-state index is 13.2. The van der Waals surface area contributed by atoms with Gasteiger partial charge in [-0.15, -0.1) is 11.3 Å². The van der Waals surface area contributed by atoms with Gasteiger partial charge in [0.05, 0.1) is 29.0 Å². The Labute approximate surface area is 169 Å². The summed E-state index contributed by atoms with van der Waals surface area (Å²) in [6, 6.07) is 9.29. The van der Waals surface area contributed by atoms with Crippen molar-refractivity contribution in [2.24, 2.45) is 0 Å². The van der Waals surface area contributed by atoms with Gasteiger partial charge in [-0.25, -0.2) is 16.8 Å². The van der Waals surface area contributed by atoms with Crippen molar-refractivity contribution in [3.05, 3.63) is 46.7 Å². The van der Waals surface area contributed by atoms with Crippen LogP contribution in [0.2, 0.25) is 0 Å². The molecular weight excluding hydrogens is 420 g/mol. The van der Waals surface area contributed by atoms with E-state index in [1.54, 1.807) is 11.3 Å². The summed E-state index contributed by atoms with van der Waals surface area (Å²) < 4.78 is 59.9. The Morgan fingerprint density at radius 1 is 0.893 bits per heavy atom. The molecule has 0 bridgehead atoms. The van der Waals surface area contributed by atoms with E-state index in [2.05, 4.69) is 0 Å². The first kappa shape index (κ1) is 20.0. The van der Waals surface area contributed by atoms with Gasteiger partial charge in [0, 0.05) is 24.5 Å². The standard InChI is InChI=1S/C18H22N2O5S3/c21-27(22,19-10-12-25-13-11-19)15-5-7-16(8-6-15)28(23,24)20-9-1-3-17(20)18-4-2-14-26-18/h2,4-8,14,17H,1,3,9-13H2. The number of hydrogen-bond acceptors (Lipinski definition) is 6. The largest absolute Gasteiger partial charge is 0.379 e. The number of morpholine rings is 1. The van der Waals surface area contributed by atoms with Gasteiger partial charge in [-0.1, -0.05) is 6.07 Å². The lowest BCUT2D eigenvalue weighted by Crippen LogP contribution is -2.40. The van der Waals surface area contributed by atoms with Crippen LogP contribution in [0.1, 0.15) is 23.8 Å². The van der Waals surface area contributed by atoms with Crippen molar-refractivity contribution in [3.63, 3.8) is 0 Å². The first-order chi connectivity index (χ1) is 13.4. The third-order valence-electron chi connectivity index (χ3n) is 5.11. The van der Waals surface area contributed by atoms with Gasteiger partial charge in [0.1, 0.15) is 0 Å². The number of benzene rings is 1. The van der Waals surface area contributed by atoms with Crippen molar-refractivity contribution in [1.82, 2.24) is 8.61 Å². The average Bonchev–Trinajstić information content (AvgIpc) is 3.40. The molecule has 2 aromatic rings. The van der Waals surface area contributed by atoms with Crippen LogP contribution < -0.4 is 0 Å². The van der Waals surface area contributed by atoms with Gasteiger partial charge in [-0.3, -0.25) is 0 Å². The SMILES string of the molecule is O=S(=O)(c1ccc(S(=O)(=O)N2CCCC2c2cccs2)cc1)N1CCOCC1. The Kier molecular flexibility index (Phi) is 5.60. The molecule has 2 saturated heterocycles. The van der Waals surface area contributed by atoms with Crippen molar-refractivity contribution in [2.45, 2.75) is 28.7 Å². The van der Waals surface area contributed by atoms with Crippen LogP contribution in [0.25, 0.3) is 0 Å². The van der Waals surface area contributed by atoms with Gasteiger partial charge in [0.15, 0.2) is 0 Å². The quantitative estimate of drug-likeness (QED) is 0.709. The lowest BCUT2D eigenvalue weighted by atomic mass is 10.2. The number of rotatable bonds is 5. The highest BCUT2D eigenvalue weighted by atomic mass is 32.2. The highest BCUT2D eigenvalue weighted by molar-refractivity contribution is 7.89. The van der Waals surface area contributed by atoms with E-state index >= 15 is 0 Å². The minimum Gasteiger partial charge on any atom is -0.379 e. The molecule has 2 aliphatic rings. The van der Waals surface area contributed by atoms with Crippen LogP contribution in [0, 0.1) is 0 Å². The van der Waals surface area contributed by atoms with Gasteiger partial charge in [-0.05, 0) is 48.6 Å². The van der Waals surface area contributed by atoms with E-state index in [1.807, 2.05) is 17.5 Å². The van der Waals surface area contributed by atoms with Crippen molar-refractivity contribution in [2.75, 3.05) is 32.8 Å². The average molecular weight is 443 g/mol. The molecule has 1 aromatic heterocycles. The molecule has 10 heteroatoms. The van der Waals surface area contributed by atoms with Crippen LogP contribution in [0.15, 0.2) is 51.6 Å². The summed E-state index contributed by atoms with van der Waals surface area (Å²) in [6.07, 6.45) is 1.61. The van der Waals surface area contributed by atoms with E-state index in [0.717, 1.165) is 17.7 Å². The molecule has 1 unspecified atom stereocenters. The minimum absolute atomic E-state index is 0.101. The van der Waals surface area contributed by atoms with Crippen LogP contribution in [0.4, 0.5) is 0 Å². The third-order valence-corrected chi connectivity index (χ3v) is 9.92. The van der Waals surface area contributed by atoms with Gasteiger partial charge in [0.25, 0.3) is 0 Å². The molecule has 0 saturated carbocycles. The van der Waals surface area contributed by atoms with E-state index in [1.165, 1.54) is 32.9 Å². The van der Waals surface area contributed by atoms with Gasteiger partial charge in [-0.2, -0.15) is 8.61 Å². The summed E-state index contributed by atoms with van der Waals surface area (Å²) in [5.41, 5.74) is 0. The molecule has 0 aliphatic carbocycles. The fraction of sp³-hybridized carbons (Fsp3) is 0.444. The van der Waals surface area contributed by atoms with E-state index in [0.29, 0.717) is 32.8 Å². The molecule has 0 N–H and O–H groups in total. The lowest BCUT2D eigenvalue weighted by Gasteiger charge is -2.26. The first-order valence-corrected chi connectivity index (χ1v) is 12.9. The number of thiophene rings is 1. The van der Waals surface area contributed by atoms with Crippen LogP contribution in [0.3, 0.4) is 0 Å². The third kappa shape index (κ3) is 3.64. The molecule has 4 rings (SSSR count). The fourth-order valence-electron chi connectivity index (χ4n) is 3.65. The van der Waals surface area contributed by atoms with E-state index in [-0.39, 0.29) is 15.8 Å². The molecule has 0 spiro atoms. The van der Waals surface area contributed by atoms with Gasteiger partial charge in [0.2, 0.25) is 20.0 Å². The summed E-state index contributed by atoms with van der Waals surface area (Å²) in [4.78, 5) is 1.26. The first-order valence-electron chi connectivity index (χ1n) is 9.14. The highest BCUT2D eigenvalue weighted by Gasteiger charge is 2.37. The van der Waals surface area contributed by atoms with Crippen LogP contribution in [0.5, 0.6) is 0 Å².